The van der Waals surface area contributed by atoms with Gasteiger partial charge in [-0.05, 0) is 64.7 Å². The molecule has 2 atom stereocenters. The zero-order valence-electron chi connectivity index (χ0n) is 21.2. The number of carbonyl (C=O) groups excluding carboxylic acids is 3. The zero-order chi connectivity index (χ0) is 28.7. The van der Waals surface area contributed by atoms with Crippen LogP contribution in [0.3, 0.4) is 0 Å². The van der Waals surface area contributed by atoms with E-state index in [1.807, 2.05) is 48.5 Å². The first kappa shape index (κ1) is 25.9. The molecule has 3 amide bonds. The van der Waals surface area contributed by atoms with Gasteiger partial charge in [-0.25, -0.2) is 9.69 Å². The number of halogens is 2. The van der Waals surface area contributed by atoms with Crippen molar-refractivity contribution >= 4 is 66.9 Å². The monoisotopic (exact) mass is 670 g/mol. The van der Waals surface area contributed by atoms with Gasteiger partial charge in [0.25, 0.3) is 5.91 Å². The van der Waals surface area contributed by atoms with E-state index in [1.54, 1.807) is 36.4 Å². The molecular weight excluding hydrogens is 652 g/mol. The van der Waals surface area contributed by atoms with E-state index in [2.05, 4.69) is 37.2 Å². The Morgan fingerprint density at radius 1 is 0.683 bits per heavy atom. The summed E-state index contributed by atoms with van der Waals surface area (Å²) in [7, 11) is 0. The Balaban J connectivity index is 1.24. The second-order valence-corrected chi connectivity index (χ2v) is 12.9. The minimum Gasteiger partial charge on any atom is -0.478 e. The van der Waals surface area contributed by atoms with E-state index >= 15 is 0 Å². The first-order chi connectivity index (χ1) is 19.7. The number of imide groups is 1. The summed E-state index contributed by atoms with van der Waals surface area (Å²) in [5.74, 6) is -3.55. The number of rotatable bonds is 4. The summed E-state index contributed by atoms with van der Waals surface area (Å²) >= 11 is 7.99. The standard InChI is InChI=1S/C32H20Br2N2O5/c33-31-21-8-1-2-9-22(21)32(34,24-11-4-3-10-23(24)31)26-25(31)28(38)36(29(26)39)20-14-12-17(13-15-20)27(37)35-19-7-5-6-18(16-19)30(40)41/h1-16,25-26H,(H,35,37)(H,40,41)/t25-,26+,31?,32?. The lowest BCUT2D eigenvalue weighted by Crippen LogP contribution is -2.56. The number of benzene rings is 4. The van der Waals surface area contributed by atoms with Gasteiger partial charge in [0.1, 0.15) is 0 Å². The molecule has 1 heterocycles. The molecule has 8 rings (SSSR count). The second-order valence-electron chi connectivity index (χ2n) is 10.4. The smallest absolute Gasteiger partial charge is 0.335 e. The average molecular weight is 672 g/mol. The van der Waals surface area contributed by atoms with Gasteiger partial charge in [-0.2, -0.15) is 0 Å². The molecule has 202 valence electrons. The molecule has 2 N–H and O–H groups in total. The van der Waals surface area contributed by atoms with Crippen LogP contribution in [0, 0.1) is 11.8 Å². The molecule has 4 aliphatic rings. The molecule has 41 heavy (non-hydrogen) atoms. The van der Waals surface area contributed by atoms with E-state index in [0.29, 0.717) is 16.9 Å². The van der Waals surface area contributed by atoms with Crippen molar-refractivity contribution in [3.63, 3.8) is 0 Å². The van der Waals surface area contributed by atoms with Gasteiger partial charge in [0.05, 0.1) is 31.7 Å². The van der Waals surface area contributed by atoms with E-state index in [-0.39, 0.29) is 17.4 Å². The van der Waals surface area contributed by atoms with Gasteiger partial charge in [0.2, 0.25) is 11.8 Å². The third-order valence-electron chi connectivity index (χ3n) is 8.34. The molecule has 1 saturated heterocycles. The lowest BCUT2D eigenvalue weighted by molar-refractivity contribution is -0.122. The number of carboxylic acids is 1. The predicted molar refractivity (Wildman–Crippen MR) is 160 cm³/mol. The van der Waals surface area contributed by atoms with Gasteiger partial charge >= 0.3 is 5.97 Å². The Bertz CT molecular complexity index is 1700. The van der Waals surface area contributed by atoms with E-state index in [9.17, 15) is 24.3 Å². The molecule has 4 aromatic rings. The summed E-state index contributed by atoms with van der Waals surface area (Å²) < 4.78 is -1.77. The molecule has 9 heteroatoms. The Morgan fingerprint density at radius 3 is 1.63 bits per heavy atom. The van der Waals surface area contributed by atoms with Gasteiger partial charge in [-0.1, -0.05) is 86.5 Å². The number of nitrogens with zero attached hydrogens (tertiary/aromatic N) is 1. The van der Waals surface area contributed by atoms with Crippen LogP contribution in [0.2, 0.25) is 0 Å². The third-order valence-corrected chi connectivity index (χ3v) is 11.0. The number of carbonyl (C=O) groups is 4. The minimum atomic E-state index is -1.10. The van der Waals surface area contributed by atoms with E-state index in [1.165, 1.54) is 17.0 Å². The van der Waals surface area contributed by atoms with Crippen molar-refractivity contribution in [1.82, 2.24) is 0 Å². The van der Waals surface area contributed by atoms with Crippen LogP contribution < -0.4 is 10.2 Å². The van der Waals surface area contributed by atoms with Crippen molar-refractivity contribution in [3.05, 3.63) is 130 Å². The first-order valence-corrected chi connectivity index (χ1v) is 14.5. The molecule has 7 nitrogen and oxygen atoms in total. The third kappa shape index (κ3) is 3.42. The molecule has 3 aliphatic carbocycles. The van der Waals surface area contributed by atoms with Gasteiger partial charge in [-0.3, -0.25) is 14.4 Å². The van der Waals surface area contributed by atoms with Crippen LogP contribution in [-0.4, -0.2) is 28.8 Å². The van der Waals surface area contributed by atoms with E-state index in [4.69, 9.17) is 0 Å². The summed E-state index contributed by atoms with van der Waals surface area (Å²) in [4.78, 5) is 53.7. The Morgan fingerprint density at radius 2 is 1.17 bits per heavy atom. The number of carboxylic acid groups (broad SMARTS) is 1. The highest BCUT2D eigenvalue weighted by atomic mass is 79.9. The van der Waals surface area contributed by atoms with Crippen molar-refractivity contribution in [2.45, 2.75) is 8.65 Å². The molecule has 2 bridgehead atoms. The summed E-state index contributed by atoms with van der Waals surface area (Å²) in [5.41, 5.74) is 4.89. The molecule has 0 spiro atoms. The molecule has 0 aromatic heterocycles. The Hall–Kier alpha value is -4.08. The summed E-state index contributed by atoms with van der Waals surface area (Å²) in [6.45, 7) is 0. The van der Waals surface area contributed by atoms with Gasteiger partial charge in [-0.15, -0.1) is 0 Å². The Labute approximate surface area is 251 Å². The van der Waals surface area contributed by atoms with Crippen LogP contribution in [-0.2, 0) is 18.2 Å². The lowest BCUT2D eigenvalue weighted by atomic mass is 9.54. The van der Waals surface area contributed by atoms with Crippen molar-refractivity contribution in [3.8, 4) is 0 Å². The SMILES string of the molecule is O=C(O)c1cccc(NC(=O)c2ccc(N3C(=O)[C@@H]4[C@H](C3=O)C3(Br)c5ccccc5C4(Br)c4ccccc43)cc2)c1. The highest BCUT2D eigenvalue weighted by Crippen LogP contribution is 2.70. The minimum absolute atomic E-state index is 0.0538. The average Bonchev–Trinajstić information content (AvgIpc) is 3.27. The van der Waals surface area contributed by atoms with E-state index in [0.717, 1.165) is 22.3 Å². The summed E-state index contributed by atoms with van der Waals surface area (Å²) in [5, 5.41) is 11.9. The van der Waals surface area contributed by atoms with Crippen molar-refractivity contribution in [1.29, 1.82) is 0 Å². The molecule has 0 saturated carbocycles. The zero-order valence-corrected chi connectivity index (χ0v) is 24.3. The number of aromatic carboxylic acids is 1. The topological polar surface area (TPSA) is 104 Å². The first-order valence-electron chi connectivity index (χ1n) is 12.9. The van der Waals surface area contributed by atoms with Crippen LogP contribution in [0.4, 0.5) is 11.4 Å². The number of nitrogens with one attached hydrogen (secondary N) is 1. The van der Waals surface area contributed by atoms with Crippen molar-refractivity contribution in [2.24, 2.45) is 11.8 Å². The number of alkyl halides is 2. The maximum absolute atomic E-state index is 14.2. The summed E-state index contributed by atoms with van der Waals surface area (Å²) in [6.07, 6.45) is 0. The number of hydrogen-bond acceptors (Lipinski definition) is 4. The van der Waals surface area contributed by atoms with Gasteiger partial charge in [0.15, 0.2) is 0 Å². The fraction of sp³-hybridized carbons (Fsp3) is 0.125. The van der Waals surface area contributed by atoms with Crippen LogP contribution in [0.5, 0.6) is 0 Å². The van der Waals surface area contributed by atoms with Crippen molar-refractivity contribution < 1.29 is 24.3 Å². The maximum Gasteiger partial charge on any atom is 0.335 e. The fourth-order valence-corrected chi connectivity index (χ4v) is 8.92. The second kappa shape index (κ2) is 8.96. The molecule has 1 fully saturated rings. The Kier molecular flexibility index (Phi) is 5.65. The maximum atomic E-state index is 14.2. The fourth-order valence-electron chi connectivity index (χ4n) is 6.62. The molecular formula is C32H20Br2N2O5. The van der Waals surface area contributed by atoms with Gasteiger partial charge in [0, 0.05) is 11.3 Å². The molecule has 0 radical (unpaired) electrons. The molecule has 0 unspecified atom stereocenters. The number of amides is 3. The highest BCUT2D eigenvalue weighted by Gasteiger charge is 2.72. The largest absolute Gasteiger partial charge is 0.478 e. The van der Waals surface area contributed by atoms with Crippen LogP contribution >= 0.6 is 31.9 Å². The quantitative estimate of drug-likeness (QED) is 0.203. The number of hydrogen-bond donors (Lipinski definition) is 2. The molecule has 4 aromatic carbocycles. The van der Waals surface area contributed by atoms with Gasteiger partial charge < -0.3 is 10.4 Å². The number of anilines is 2. The van der Waals surface area contributed by atoms with Crippen molar-refractivity contribution in [2.75, 3.05) is 10.2 Å². The normalized spacial score (nSPS) is 25.4. The van der Waals surface area contributed by atoms with Crippen LogP contribution in [0.15, 0.2) is 97.1 Å². The highest BCUT2D eigenvalue weighted by molar-refractivity contribution is 9.10. The molecule has 1 aliphatic heterocycles. The predicted octanol–water partition coefficient (Wildman–Crippen LogP) is 6.05. The van der Waals surface area contributed by atoms with Crippen LogP contribution in [0.1, 0.15) is 43.0 Å². The van der Waals surface area contributed by atoms with E-state index < -0.39 is 32.4 Å². The lowest BCUT2D eigenvalue weighted by Gasteiger charge is -2.55. The summed E-state index contributed by atoms with van der Waals surface area (Å²) in [6, 6.07) is 28.0. The van der Waals surface area contributed by atoms with Crippen LogP contribution in [0.25, 0.3) is 0 Å².